The van der Waals surface area contributed by atoms with Gasteiger partial charge in [0, 0.05) is 24.2 Å². The van der Waals surface area contributed by atoms with Crippen molar-refractivity contribution >= 4 is 5.91 Å². The second kappa shape index (κ2) is 6.39. The highest BCUT2D eigenvalue weighted by Gasteiger charge is 2.33. The molecule has 1 fully saturated rings. The van der Waals surface area contributed by atoms with E-state index in [2.05, 4.69) is 10.3 Å². The van der Waals surface area contributed by atoms with Gasteiger partial charge in [0.25, 0.3) is 5.91 Å². The van der Waals surface area contributed by atoms with Crippen molar-refractivity contribution in [2.24, 2.45) is 0 Å². The summed E-state index contributed by atoms with van der Waals surface area (Å²) in [6.45, 7) is 1.27. The van der Waals surface area contributed by atoms with Crippen molar-refractivity contribution in [3.8, 4) is 17.0 Å². The molecule has 3 aromatic rings. The molecule has 4 rings (SSSR count). The zero-order valence-electron chi connectivity index (χ0n) is 13.9. The Morgan fingerprint density at radius 3 is 2.68 bits per heavy atom. The molecule has 0 atom stereocenters. The lowest BCUT2D eigenvalue weighted by atomic mass is 10.1. The maximum Gasteiger partial charge on any atom is 0.254 e. The van der Waals surface area contributed by atoms with Crippen molar-refractivity contribution in [3.05, 3.63) is 66.4 Å². The lowest BCUT2D eigenvalue weighted by Gasteiger charge is -2.38. The summed E-state index contributed by atoms with van der Waals surface area (Å²) in [6, 6.07) is 17.3. The number of rotatable bonds is 4. The third-order valence-electron chi connectivity index (χ3n) is 4.42. The third kappa shape index (κ3) is 2.98. The number of hydrogen-bond acceptors (Lipinski definition) is 4. The van der Waals surface area contributed by atoms with Crippen LogP contribution < -0.4 is 4.74 Å². The van der Waals surface area contributed by atoms with Crippen LogP contribution in [0.25, 0.3) is 11.3 Å². The minimum atomic E-state index is 0.0125. The van der Waals surface area contributed by atoms with Gasteiger partial charge in [-0.2, -0.15) is 0 Å². The Balaban J connectivity index is 1.42. The Morgan fingerprint density at radius 2 is 1.92 bits per heavy atom. The first kappa shape index (κ1) is 15.4. The van der Waals surface area contributed by atoms with Gasteiger partial charge in [0.2, 0.25) is 0 Å². The van der Waals surface area contributed by atoms with E-state index in [9.17, 15) is 4.79 Å². The predicted molar refractivity (Wildman–Crippen MR) is 93.4 cm³/mol. The molecule has 0 N–H and O–H groups in total. The number of hydrogen-bond donors (Lipinski definition) is 0. The zero-order valence-corrected chi connectivity index (χ0v) is 13.9. The summed E-state index contributed by atoms with van der Waals surface area (Å²) in [4.78, 5) is 14.3. The summed E-state index contributed by atoms with van der Waals surface area (Å²) in [6.07, 6.45) is 1.94. The molecule has 0 aliphatic carbocycles. The maximum atomic E-state index is 12.5. The van der Waals surface area contributed by atoms with Crippen molar-refractivity contribution in [1.82, 2.24) is 19.9 Å². The van der Waals surface area contributed by atoms with E-state index in [-0.39, 0.29) is 11.9 Å². The van der Waals surface area contributed by atoms with E-state index in [0.29, 0.717) is 24.4 Å². The van der Waals surface area contributed by atoms with E-state index < -0.39 is 0 Å². The highest BCUT2D eigenvalue weighted by Crippen LogP contribution is 2.25. The number of amides is 1. The van der Waals surface area contributed by atoms with Gasteiger partial charge < -0.3 is 9.64 Å². The lowest BCUT2D eigenvalue weighted by molar-refractivity contribution is 0.0498. The summed E-state index contributed by atoms with van der Waals surface area (Å²) in [5.74, 6) is 0.699. The van der Waals surface area contributed by atoms with E-state index >= 15 is 0 Å². The van der Waals surface area contributed by atoms with Crippen LogP contribution >= 0.6 is 0 Å². The van der Waals surface area contributed by atoms with E-state index in [1.54, 1.807) is 19.2 Å². The fourth-order valence-electron chi connectivity index (χ4n) is 2.92. The van der Waals surface area contributed by atoms with Gasteiger partial charge in [-0.25, -0.2) is 4.68 Å². The summed E-state index contributed by atoms with van der Waals surface area (Å²) in [5, 5.41) is 8.45. The number of ether oxygens (including phenoxy) is 1. The van der Waals surface area contributed by atoms with Gasteiger partial charge in [0.15, 0.2) is 0 Å². The summed E-state index contributed by atoms with van der Waals surface area (Å²) in [5.41, 5.74) is 2.52. The molecule has 0 spiro atoms. The van der Waals surface area contributed by atoms with Crippen molar-refractivity contribution in [2.75, 3.05) is 20.2 Å². The van der Waals surface area contributed by atoms with Gasteiger partial charge in [-0.1, -0.05) is 41.6 Å². The molecule has 126 valence electrons. The number of aromatic nitrogens is 3. The highest BCUT2D eigenvalue weighted by atomic mass is 16.5. The molecule has 0 bridgehead atoms. The summed E-state index contributed by atoms with van der Waals surface area (Å²) in [7, 11) is 1.60. The largest absolute Gasteiger partial charge is 0.497 e. The second-order valence-corrected chi connectivity index (χ2v) is 6.05. The molecule has 2 aromatic carbocycles. The Hall–Kier alpha value is -3.15. The molecule has 25 heavy (non-hydrogen) atoms. The van der Waals surface area contributed by atoms with Crippen LogP contribution in [0.4, 0.5) is 0 Å². The molecular formula is C19H18N4O2. The Morgan fingerprint density at radius 1 is 1.12 bits per heavy atom. The summed E-state index contributed by atoms with van der Waals surface area (Å²) < 4.78 is 7.02. The minimum absolute atomic E-state index is 0.0125. The standard InChI is InChI=1S/C19H18N4O2/c1-25-17-9-5-8-15(10-17)19(24)22-11-16(12-22)23-13-18(20-21-23)14-6-3-2-4-7-14/h2-10,13,16H,11-12H2,1H3. The van der Waals surface area contributed by atoms with Crippen LogP contribution in [0.1, 0.15) is 16.4 Å². The van der Waals surface area contributed by atoms with Crippen LogP contribution in [-0.2, 0) is 0 Å². The molecule has 1 amide bonds. The van der Waals surface area contributed by atoms with Crippen LogP contribution in [0.3, 0.4) is 0 Å². The van der Waals surface area contributed by atoms with Gasteiger partial charge in [-0.3, -0.25) is 4.79 Å². The molecule has 0 radical (unpaired) electrons. The molecule has 2 heterocycles. The SMILES string of the molecule is COc1cccc(C(=O)N2CC(n3cc(-c4ccccc4)nn3)C2)c1. The summed E-state index contributed by atoms with van der Waals surface area (Å²) >= 11 is 0. The van der Waals surface area contributed by atoms with Gasteiger partial charge in [0.05, 0.1) is 19.3 Å². The zero-order chi connectivity index (χ0) is 17.2. The Labute approximate surface area is 145 Å². The fourth-order valence-corrected chi connectivity index (χ4v) is 2.92. The van der Waals surface area contributed by atoms with Crippen LogP contribution in [0.5, 0.6) is 5.75 Å². The first-order valence-electron chi connectivity index (χ1n) is 8.15. The van der Waals surface area contributed by atoms with Crippen LogP contribution in [0.2, 0.25) is 0 Å². The average Bonchev–Trinajstić information content (AvgIpc) is 3.11. The van der Waals surface area contributed by atoms with Gasteiger partial charge >= 0.3 is 0 Å². The van der Waals surface area contributed by atoms with Crippen LogP contribution in [0.15, 0.2) is 60.8 Å². The second-order valence-electron chi connectivity index (χ2n) is 6.05. The normalized spacial score (nSPS) is 14.2. The van der Waals surface area contributed by atoms with Crippen molar-refractivity contribution < 1.29 is 9.53 Å². The molecule has 1 saturated heterocycles. The smallest absolute Gasteiger partial charge is 0.254 e. The fraction of sp³-hybridized carbons (Fsp3) is 0.211. The van der Waals surface area contributed by atoms with Gasteiger partial charge in [-0.15, -0.1) is 5.10 Å². The van der Waals surface area contributed by atoms with Crippen molar-refractivity contribution in [2.45, 2.75) is 6.04 Å². The average molecular weight is 334 g/mol. The third-order valence-corrected chi connectivity index (χ3v) is 4.42. The van der Waals surface area contributed by atoms with Crippen molar-refractivity contribution in [3.63, 3.8) is 0 Å². The number of carbonyl (C=O) groups excluding carboxylic acids is 1. The Bertz CT molecular complexity index is 885. The number of methoxy groups -OCH3 is 1. The topological polar surface area (TPSA) is 60.2 Å². The number of carbonyl (C=O) groups is 1. The quantitative estimate of drug-likeness (QED) is 0.736. The predicted octanol–water partition coefficient (Wildman–Crippen LogP) is 2.65. The van der Waals surface area contributed by atoms with Gasteiger partial charge in [0.1, 0.15) is 11.4 Å². The highest BCUT2D eigenvalue weighted by molar-refractivity contribution is 5.95. The van der Waals surface area contributed by atoms with Gasteiger partial charge in [-0.05, 0) is 18.2 Å². The van der Waals surface area contributed by atoms with E-state index in [0.717, 1.165) is 11.3 Å². The molecule has 1 aliphatic heterocycles. The molecular weight excluding hydrogens is 316 g/mol. The van der Waals surface area contributed by atoms with Crippen LogP contribution in [0, 0.1) is 0 Å². The molecule has 1 aromatic heterocycles. The van der Waals surface area contributed by atoms with E-state index in [4.69, 9.17) is 4.74 Å². The lowest BCUT2D eigenvalue weighted by Crippen LogP contribution is -2.50. The van der Waals surface area contributed by atoms with Crippen LogP contribution in [-0.4, -0.2) is 46.0 Å². The molecule has 1 aliphatic rings. The minimum Gasteiger partial charge on any atom is -0.497 e. The number of nitrogens with zero attached hydrogens (tertiary/aromatic N) is 4. The van der Waals surface area contributed by atoms with Crippen molar-refractivity contribution in [1.29, 1.82) is 0 Å². The number of benzene rings is 2. The first-order valence-corrected chi connectivity index (χ1v) is 8.15. The van der Waals surface area contributed by atoms with E-state index in [1.807, 2.05) is 58.2 Å². The van der Waals surface area contributed by atoms with E-state index in [1.165, 1.54) is 0 Å². The molecule has 6 heteroatoms. The Kier molecular flexibility index (Phi) is 3.93. The number of likely N-dealkylation sites (tertiary alicyclic amines) is 1. The maximum absolute atomic E-state index is 12.5. The molecule has 0 saturated carbocycles. The first-order chi connectivity index (χ1) is 12.2. The monoisotopic (exact) mass is 334 g/mol. The molecule has 6 nitrogen and oxygen atoms in total. The molecule has 0 unspecified atom stereocenters.